The normalized spacial score (nSPS) is 21.0. The molecule has 1 fully saturated rings. The Kier molecular flexibility index (Phi) is 4.20. The molecule has 0 radical (unpaired) electrons. The number of carbonyl (C=O) groups is 2. The van der Waals surface area contributed by atoms with Gasteiger partial charge in [0.05, 0.1) is 0 Å². The SMILES string of the molecule is CC(=O)NCC1CCCN1C(=O)CCl. The van der Waals surface area contributed by atoms with Gasteiger partial charge in [-0.2, -0.15) is 0 Å². The molecular weight excluding hydrogens is 204 g/mol. The van der Waals surface area contributed by atoms with Gasteiger partial charge in [0.2, 0.25) is 11.8 Å². The number of nitrogens with zero attached hydrogens (tertiary/aromatic N) is 1. The average Bonchev–Trinajstić information content (AvgIpc) is 2.61. The van der Waals surface area contributed by atoms with Crippen LogP contribution in [0.1, 0.15) is 19.8 Å². The molecular formula is C9H15ClN2O2. The Morgan fingerprint density at radius 1 is 1.57 bits per heavy atom. The topological polar surface area (TPSA) is 49.4 Å². The van der Waals surface area contributed by atoms with E-state index in [0.717, 1.165) is 19.4 Å². The van der Waals surface area contributed by atoms with Crippen molar-refractivity contribution in [3.8, 4) is 0 Å². The molecule has 14 heavy (non-hydrogen) atoms. The van der Waals surface area contributed by atoms with Crippen LogP contribution in [-0.4, -0.2) is 41.7 Å². The van der Waals surface area contributed by atoms with E-state index in [1.54, 1.807) is 4.90 Å². The van der Waals surface area contributed by atoms with Gasteiger partial charge in [-0.25, -0.2) is 0 Å². The van der Waals surface area contributed by atoms with E-state index in [1.807, 2.05) is 0 Å². The first-order valence-electron chi connectivity index (χ1n) is 4.75. The minimum atomic E-state index is -0.0600. The maximum Gasteiger partial charge on any atom is 0.237 e. The molecule has 2 amide bonds. The third kappa shape index (κ3) is 2.87. The molecule has 1 aliphatic rings. The Balaban J connectivity index is 2.42. The number of carbonyl (C=O) groups excluding carboxylic acids is 2. The number of nitrogens with one attached hydrogen (secondary N) is 1. The van der Waals surface area contributed by atoms with E-state index in [2.05, 4.69) is 5.32 Å². The second-order valence-electron chi connectivity index (χ2n) is 3.45. The molecule has 1 aliphatic heterocycles. The maximum absolute atomic E-state index is 11.4. The first-order valence-corrected chi connectivity index (χ1v) is 5.28. The zero-order chi connectivity index (χ0) is 10.6. The van der Waals surface area contributed by atoms with Gasteiger partial charge < -0.3 is 10.2 Å². The van der Waals surface area contributed by atoms with Gasteiger partial charge in [-0.1, -0.05) is 0 Å². The lowest BCUT2D eigenvalue weighted by Gasteiger charge is -2.23. The third-order valence-corrected chi connectivity index (χ3v) is 2.63. The van der Waals surface area contributed by atoms with Gasteiger partial charge in [0.15, 0.2) is 0 Å². The Morgan fingerprint density at radius 2 is 2.29 bits per heavy atom. The fourth-order valence-electron chi connectivity index (χ4n) is 1.71. The van der Waals surface area contributed by atoms with Crippen LogP contribution in [0.4, 0.5) is 0 Å². The predicted octanol–water partition coefficient (Wildman–Crippen LogP) is 0.352. The summed E-state index contributed by atoms with van der Waals surface area (Å²) in [5, 5.41) is 2.72. The summed E-state index contributed by atoms with van der Waals surface area (Å²) in [7, 11) is 0. The van der Waals surface area contributed by atoms with E-state index < -0.39 is 0 Å². The van der Waals surface area contributed by atoms with Crippen LogP contribution in [-0.2, 0) is 9.59 Å². The standard InChI is InChI=1S/C9H15ClN2O2/c1-7(13)11-6-8-3-2-4-12(8)9(14)5-10/h8H,2-6H2,1H3,(H,11,13). The van der Waals surface area contributed by atoms with Crippen LogP contribution in [0.3, 0.4) is 0 Å². The Hall–Kier alpha value is -0.770. The molecule has 5 heteroatoms. The van der Waals surface area contributed by atoms with Crippen molar-refractivity contribution in [2.45, 2.75) is 25.8 Å². The number of alkyl halides is 1. The lowest BCUT2D eigenvalue weighted by molar-refractivity contribution is -0.129. The first kappa shape index (κ1) is 11.3. The number of hydrogen-bond donors (Lipinski definition) is 1. The summed E-state index contributed by atoms with van der Waals surface area (Å²) < 4.78 is 0. The Labute approximate surface area is 88.6 Å². The van der Waals surface area contributed by atoms with Crippen molar-refractivity contribution in [1.29, 1.82) is 0 Å². The van der Waals surface area contributed by atoms with Gasteiger partial charge in [-0.3, -0.25) is 9.59 Å². The van der Waals surface area contributed by atoms with Crippen molar-refractivity contribution in [1.82, 2.24) is 10.2 Å². The van der Waals surface area contributed by atoms with E-state index in [4.69, 9.17) is 11.6 Å². The van der Waals surface area contributed by atoms with E-state index in [-0.39, 0.29) is 23.7 Å². The molecule has 0 aliphatic carbocycles. The molecule has 1 N–H and O–H groups in total. The van der Waals surface area contributed by atoms with Crippen molar-refractivity contribution in [2.75, 3.05) is 19.0 Å². The smallest absolute Gasteiger partial charge is 0.237 e. The summed E-state index contributed by atoms with van der Waals surface area (Å²) >= 11 is 5.48. The second kappa shape index (κ2) is 5.20. The van der Waals surface area contributed by atoms with Crippen molar-refractivity contribution >= 4 is 23.4 Å². The molecule has 80 valence electrons. The highest BCUT2D eigenvalue weighted by Gasteiger charge is 2.27. The minimum absolute atomic E-state index is 0.0244. The van der Waals surface area contributed by atoms with Crippen LogP contribution in [0, 0.1) is 0 Å². The van der Waals surface area contributed by atoms with Gasteiger partial charge in [-0.05, 0) is 12.8 Å². The second-order valence-corrected chi connectivity index (χ2v) is 3.72. The molecule has 0 aromatic rings. The molecule has 0 aromatic carbocycles. The van der Waals surface area contributed by atoms with E-state index in [0.29, 0.717) is 6.54 Å². The fraction of sp³-hybridized carbons (Fsp3) is 0.778. The highest BCUT2D eigenvalue weighted by Crippen LogP contribution is 2.16. The number of hydrogen-bond acceptors (Lipinski definition) is 2. The van der Waals surface area contributed by atoms with Crippen LogP contribution >= 0.6 is 11.6 Å². The molecule has 1 saturated heterocycles. The molecule has 4 nitrogen and oxygen atoms in total. The fourth-order valence-corrected chi connectivity index (χ4v) is 1.87. The molecule has 1 rings (SSSR count). The van der Waals surface area contributed by atoms with Crippen molar-refractivity contribution in [3.05, 3.63) is 0 Å². The average molecular weight is 219 g/mol. The number of rotatable bonds is 3. The monoisotopic (exact) mass is 218 g/mol. The molecule has 0 aromatic heterocycles. The van der Waals surface area contributed by atoms with Gasteiger partial charge in [0.1, 0.15) is 5.88 Å². The minimum Gasteiger partial charge on any atom is -0.354 e. The van der Waals surface area contributed by atoms with Crippen molar-refractivity contribution < 1.29 is 9.59 Å². The van der Waals surface area contributed by atoms with Crippen molar-refractivity contribution in [2.24, 2.45) is 0 Å². The highest BCUT2D eigenvalue weighted by atomic mass is 35.5. The summed E-state index contributed by atoms with van der Waals surface area (Å²) in [4.78, 5) is 23.8. The lowest BCUT2D eigenvalue weighted by atomic mass is 10.2. The molecule has 1 heterocycles. The predicted molar refractivity (Wildman–Crippen MR) is 54.1 cm³/mol. The van der Waals surface area contributed by atoms with Gasteiger partial charge in [-0.15, -0.1) is 11.6 Å². The Morgan fingerprint density at radius 3 is 2.86 bits per heavy atom. The molecule has 1 unspecified atom stereocenters. The van der Waals surface area contributed by atoms with E-state index >= 15 is 0 Å². The number of likely N-dealkylation sites (tertiary alicyclic amines) is 1. The van der Waals surface area contributed by atoms with Gasteiger partial charge >= 0.3 is 0 Å². The Bertz CT molecular complexity index is 233. The summed E-state index contributed by atoms with van der Waals surface area (Å²) in [5.74, 6) is -0.0778. The van der Waals surface area contributed by atoms with Crippen LogP contribution in [0.15, 0.2) is 0 Å². The quantitative estimate of drug-likeness (QED) is 0.696. The molecule has 0 spiro atoms. The highest BCUT2D eigenvalue weighted by molar-refractivity contribution is 6.27. The summed E-state index contributed by atoms with van der Waals surface area (Å²) in [6, 6.07) is 0.130. The van der Waals surface area contributed by atoms with Crippen LogP contribution in [0.5, 0.6) is 0 Å². The molecule has 0 bridgehead atoms. The summed E-state index contributed by atoms with van der Waals surface area (Å²) in [5.41, 5.74) is 0. The largest absolute Gasteiger partial charge is 0.354 e. The van der Waals surface area contributed by atoms with Crippen LogP contribution < -0.4 is 5.32 Å². The third-order valence-electron chi connectivity index (χ3n) is 2.40. The lowest BCUT2D eigenvalue weighted by Crippen LogP contribution is -2.43. The van der Waals surface area contributed by atoms with Crippen molar-refractivity contribution in [3.63, 3.8) is 0 Å². The van der Waals surface area contributed by atoms with Crippen LogP contribution in [0.2, 0.25) is 0 Å². The van der Waals surface area contributed by atoms with Crippen LogP contribution in [0.25, 0.3) is 0 Å². The number of halogens is 1. The first-order chi connectivity index (χ1) is 6.65. The summed E-state index contributed by atoms with van der Waals surface area (Å²) in [6.07, 6.45) is 1.94. The van der Waals surface area contributed by atoms with Gasteiger partial charge in [0, 0.05) is 26.1 Å². The maximum atomic E-state index is 11.4. The van der Waals surface area contributed by atoms with E-state index in [1.165, 1.54) is 6.92 Å². The van der Waals surface area contributed by atoms with Gasteiger partial charge in [0.25, 0.3) is 0 Å². The zero-order valence-corrected chi connectivity index (χ0v) is 9.01. The summed E-state index contributed by atoms with van der Waals surface area (Å²) in [6.45, 7) is 2.77. The van der Waals surface area contributed by atoms with E-state index in [9.17, 15) is 9.59 Å². The molecule has 1 atom stereocenters. The zero-order valence-electron chi connectivity index (χ0n) is 8.25. The molecule has 0 saturated carbocycles. The number of amides is 2.